The summed E-state index contributed by atoms with van der Waals surface area (Å²) in [6.07, 6.45) is 8.34. The summed E-state index contributed by atoms with van der Waals surface area (Å²) in [6, 6.07) is 9.65. The van der Waals surface area contributed by atoms with E-state index in [1.54, 1.807) is 13.1 Å². The molecular weight excluding hydrogens is 514 g/mol. The molecule has 8 rings (SSSR count). The number of fused-ring (bicyclic) bond motifs is 4. The van der Waals surface area contributed by atoms with Crippen LogP contribution in [-0.4, -0.2) is 50.2 Å². The van der Waals surface area contributed by atoms with E-state index in [0.717, 1.165) is 105 Å². The lowest BCUT2D eigenvalue weighted by Gasteiger charge is -2.39. The van der Waals surface area contributed by atoms with Gasteiger partial charge in [0.15, 0.2) is 0 Å². The predicted molar refractivity (Wildman–Crippen MR) is 157 cm³/mol. The number of benzene rings is 3. The SMILES string of the molecule is CNC(=O)c1ccc(C2=c3cc4c5c(c3Oc3c2cc2c6c3CCCN6CCC2)CCC[N+]=5CCC4)c(C(=O)O)c1. The Morgan fingerprint density at radius 1 is 0.878 bits per heavy atom. The molecule has 0 fully saturated rings. The van der Waals surface area contributed by atoms with Gasteiger partial charge in [0.25, 0.3) is 5.91 Å². The number of carboxylic acid groups (broad SMARTS) is 1. The van der Waals surface area contributed by atoms with Gasteiger partial charge in [-0.1, -0.05) is 6.07 Å². The van der Waals surface area contributed by atoms with Gasteiger partial charge in [0.05, 0.1) is 11.1 Å². The molecule has 7 nitrogen and oxygen atoms in total. The van der Waals surface area contributed by atoms with E-state index < -0.39 is 5.97 Å². The van der Waals surface area contributed by atoms with Gasteiger partial charge in [0, 0.05) is 71.7 Å². The monoisotopic (exact) mass is 548 g/mol. The molecule has 0 aliphatic carbocycles. The van der Waals surface area contributed by atoms with Gasteiger partial charge in [-0.15, -0.1) is 0 Å². The Morgan fingerprint density at radius 2 is 1.63 bits per heavy atom. The van der Waals surface area contributed by atoms with Crippen LogP contribution in [0.2, 0.25) is 0 Å². The van der Waals surface area contributed by atoms with Crippen molar-refractivity contribution in [3.63, 3.8) is 0 Å². The lowest BCUT2D eigenvalue weighted by atomic mass is 9.81. The molecule has 41 heavy (non-hydrogen) atoms. The summed E-state index contributed by atoms with van der Waals surface area (Å²) in [5.41, 5.74) is 9.57. The quantitative estimate of drug-likeness (QED) is 0.385. The Hall–Kier alpha value is -4.13. The molecule has 0 aromatic heterocycles. The van der Waals surface area contributed by atoms with Crippen LogP contribution in [0.25, 0.3) is 5.57 Å². The fourth-order valence-electron chi connectivity index (χ4n) is 8.03. The molecule has 0 radical (unpaired) electrons. The summed E-state index contributed by atoms with van der Waals surface area (Å²) >= 11 is 0. The number of hydrogen-bond donors (Lipinski definition) is 2. The van der Waals surface area contributed by atoms with Gasteiger partial charge >= 0.3 is 5.97 Å². The highest BCUT2D eigenvalue weighted by molar-refractivity contribution is 6.02. The number of amides is 1. The van der Waals surface area contributed by atoms with Crippen LogP contribution >= 0.6 is 0 Å². The summed E-state index contributed by atoms with van der Waals surface area (Å²) in [5, 5.41) is 15.4. The van der Waals surface area contributed by atoms with Crippen molar-refractivity contribution >= 4 is 23.1 Å². The third kappa shape index (κ3) is 3.60. The van der Waals surface area contributed by atoms with E-state index in [-0.39, 0.29) is 11.5 Å². The zero-order valence-corrected chi connectivity index (χ0v) is 23.4. The van der Waals surface area contributed by atoms with E-state index in [4.69, 9.17) is 4.74 Å². The Kier molecular flexibility index (Phi) is 5.53. The van der Waals surface area contributed by atoms with Crippen molar-refractivity contribution in [2.75, 3.05) is 38.1 Å². The number of aromatic carboxylic acids is 1. The first-order valence-electron chi connectivity index (χ1n) is 15.1. The second kappa shape index (κ2) is 9.20. The molecule has 5 heterocycles. The number of carbonyl (C=O) groups is 2. The minimum Gasteiger partial charge on any atom is -0.478 e. The smallest absolute Gasteiger partial charge is 0.336 e. The molecule has 0 atom stereocenters. The van der Waals surface area contributed by atoms with Crippen LogP contribution < -0.4 is 30.1 Å². The number of aryl methyl sites for hydroxylation is 2. The summed E-state index contributed by atoms with van der Waals surface area (Å²) < 4.78 is 9.59. The summed E-state index contributed by atoms with van der Waals surface area (Å²) in [5.74, 6) is 0.459. The van der Waals surface area contributed by atoms with Crippen LogP contribution in [0, 0.1) is 0 Å². The van der Waals surface area contributed by atoms with Gasteiger partial charge in [0.1, 0.15) is 24.6 Å². The fourth-order valence-corrected chi connectivity index (χ4v) is 8.03. The van der Waals surface area contributed by atoms with Crippen LogP contribution in [-0.2, 0) is 25.7 Å². The molecule has 2 N–H and O–H groups in total. The zero-order valence-electron chi connectivity index (χ0n) is 23.4. The van der Waals surface area contributed by atoms with Crippen molar-refractivity contribution in [3.8, 4) is 11.5 Å². The molecular formula is C34H34N3O4+. The number of rotatable bonds is 3. The van der Waals surface area contributed by atoms with Crippen molar-refractivity contribution in [3.05, 3.63) is 85.4 Å². The van der Waals surface area contributed by atoms with Gasteiger partial charge < -0.3 is 20.1 Å². The average molecular weight is 549 g/mol. The third-order valence-corrected chi connectivity index (χ3v) is 9.70. The molecule has 5 aliphatic heterocycles. The van der Waals surface area contributed by atoms with E-state index in [2.05, 4.69) is 26.9 Å². The minimum absolute atomic E-state index is 0.140. The Labute approximate surface area is 238 Å². The van der Waals surface area contributed by atoms with Crippen molar-refractivity contribution in [2.24, 2.45) is 0 Å². The normalized spacial score (nSPS) is 18.0. The number of ether oxygens (including phenoxy) is 1. The van der Waals surface area contributed by atoms with Gasteiger partial charge in [-0.05, 0) is 73.9 Å². The minimum atomic E-state index is -1.04. The number of nitrogens with zero attached hydrogens (tertiary/aromatic N) is 2. The van der Waals surface area contributed by atoms with E-state index in [9.17, 15) is 14.7 Å². The molecule has 3 aromatic rings. The Morgan fingerprint density at radius 3 is 2.44 bits per heavy atom. The van der Waals surface area contributed by atoms with Crippen molar-refractivity contribution < 1.29 is 19.4 Å². The van der Waals surface area contributed by atoms with Crippen molar-refractivity contribution in [1.82, 2.24) is 9.89 Å². The van der Waals surface area contributed by atoms with E-state index >= 15 is 0 Å². The van der Waals surface area contributed by atoms with Crippen LogP contribution in [0.4, 0.5) is 5.69 Å². The molecule has 5 aliphatic rings. The highest BCUT2D eigenvalue weighted by Gasteiger charge is 2.36. The topological polar surface area (TPSA) is 81.9 Å². The number of anilines is 1. The molecule has 3 aromatic carbocycles. The highest BCUT2D eigenvalue weighted by Crippen LogP contribution is 2.48. The Balaban J connectivity index is 1.51. The summed E-state index contributed by atoms with van der Waals surface area (Å²) in [7, 11) is 1.56. The Bertz CT molecular complexity index is 1820. The first kappa shape index (κ1) is 24.6. The number of carbonyl (C=O) groups excluding carboxylic acids is 1. The maximum absolute atomic E-state index is 12.8. The second-order valence-electron chi connectivity index (χ2n) is 12.0. The van der Waals surface area contributed by atoms with Gasteiger partial charge in [-0.3, -0.25) is 4.79 Å². The summed E-state index contributed by atoms with van der Waals surface area (Å²) in [4.78, 5) is 27.8. The second-order valence-corrected chi connectivity index (χ2v) is 12.0. The van der Waals surface area contributed by atoms with Crippen LogP contribution in [0.15, 0.2) is 30.3 Å². The highest BCUT2D eigenvalue weighted by atomic mass is 16.5. The maximum Gasteiger partial charge on any atom is 0.336 e. The van der Waals surface area contributed by atoms with Crippen molar-refractivity contribution in [2.45, 2.75) is 51.4 Å². The van der Waals surface area contributed by atoms with E-state index in [1.165, 1.54) is 39.4 Å². The molecule has 0 spiro atoms. The number of hydrogen-bond acceptors (Lipinski definition) is 4. The molecule has 1 amide bonds. The molecule has 0 bridgehead atoms. The lowest BCUT2D eigenvalue weighted by molar-refractivity contribution is 0.0696. The van der Waals surface area contributed by atoms with E-state index in [0.29, 0.717) is 11.1 Å². The van der Waals surface area contributed by atoms with Crippen molar-refractivity contribution in [1.29, 1.82) is 0 Å². The van der Waals surface area contributed by atoms with Crippen LogP contribution in [0.5, 0.6) is 11.5 Å². The van der Waals surface area contributed by atoms with Gasteiger partial charge in [-0.2, -0.15) is 0 Å². The molecule has 0 saturated heterocycles. The number of carboxylic acids is 1. The maximum atomic E-state index is 12.8. The lowest BCUT2D eigenvalue weighted by Crippen LogP contribution is -2.45. The number of nitrogens with one attached hydrogen (secondary N) is 1. The van der Waals surface area contributed by atoms with Crippen LogP contribution in [0.1, 0.15) is 79.8 Å². The largest absolute Gasteiger partial charge is 0.478 e. The van der Waals surface area contributed by atoms with Crippen LogP contribution in [0.3, 0.4) is 0 Å². The average Bonchev–Trinajstić information content (AvgIpc) is 3.00. The molecule has 7 heteroatoms. The van der Waals surface area contributed by atoms with Gasteiger partial charge in [-0.25, -0.2) is 9.37 Å². The third-order valence-electron chi connectivity index (χ3n) is 9.70. The molecule has 0 unspecified atom stereocenters. The predicted octanol–water partition coefficient (Wildman–Crippen LogP) is 3.18. The molecule has 208 valence electrons. The standard InChI is InChI=1S/C34H33N3O4/c1-35-33(38)21-10-11-22(25(18-21)34(39)40)28-26-16-19-6-2-12-36-14-4-8-23(29(19)36)31(26)41-32-24-9-5-15-37-13-3-7-20(30(24)37)17-27(28)32/h10-11,16-18H,2-9,12-15H2,1H3,(H-,35,38,39,40)/p+1. The van der Waals surface area contributed by atoms with Gasteiger partial charge in [0.2, 0.25) is 5.36 Å². The zero-order chi connectivity index (χ0) is 27.8. The fraction of sp³-hybridized carbons (Fsp3) is 0.382. The summed E-state index contributed by atoms with van der Waals surface area (Å²) in [6.45, 7) is 4.29. The first-order valence-corrected chi connectivity index (χ1v) is 15.1. The molecule has 0 saturated carbocycles. The van der Waals surface area contributed by atoms with E-state index in [1.807, 2.05) is 6.07 Å². The first-order chi connectivity index (χ1) is 20.0.